The number of aromatic nitrogens is 1. The first-order valence-corrected chi connectivity index (χ1v) is 8.47. The number of allylic oxidation sites excluding steroid dienone is 1. The Bertz CT molecular complexity index is 777. The Labute approximate surface area is 161 Å². The number of methoxy groups -OCH3 is 1. The molecule has 152 valence electrons. The smallest absolute Gasteiger partial charge is 0.379 e. The second-order valence-corrected chi connectivity index (χ2v) is 5.74. The lowest BCUT2D eigenvalue weighted by Gasteiger charge is -2.12. The average molecular weight is 397 g/mol. The van der Waals surface area contributed by atoms with Gasteiger partial charge in [0.2, 0.25) is 11.8 Å². The molecular formula is C19H22F3N3O3. The number of ether oxygens (including phenoxy) is 1. The molecule has 1 heterocycles. The number of primary amides is 1. The van der Waals surface area contributed by atoms with Gasteiger partial charge in [0, 0.05) is 5.56 Å². The first-order chi connectivity index (χ1) is 13.3. The summed E-state index contributed by atoms with van der Waals surface area (Å²) in [5.41, 5.74) is 10.6. The number of amides is 2. The third kappa shape index (κ3) is 7.67. The highest BCUT2D eigenvalue weighted by molar-refractivity contribution is 6.05. The van der Waals surface area contributed by atoms with E-state index in [9.17, 15) is 22.8 Å². The number of carbonyl (C=O) groups excluding carboxylic acids is 2. The molecule has 0 unspecified atom stereocenters. The van der Waals surface area contributed by atoms with Crippen LogP contribution in [0.1, 0.15) is 48.2 Å². The molecule has 1 aromatic rings. The first-order valence-electron chi connectivity index (χ1n) is 8.47. The van der Waals surface area contributed by atoms with Crippen molar-refractivity contribution in [2.45, 2.75) is 38.8 Å². The minimum atomic E-state index is -3.67. The summed E-state index contributed by atoms with van der Waals surface area (Å²) in [6.45, 7) is -0.279. The molecule has 0 aliphatic heterocycles. The maximum absolute atomic E-state index is 11.6. The molecule has 1 aliphatic carbocycles. The molecule has 9 heteroatoms. The molecule has 1 saturated carbocycles. The normalized spacial score (nSPS) is 13.0. The van der Waals surface area contributed by atoms with Crippen LogP contribution in [0, 0.1) is 0 Å². The Morgan fingerprint density at radius 1 is 1.32 bits per heavy atom. The van der Waals surface area contributed by atoms with Gasteiger partial charge in [0.1, 0.15) is 0 Å². The molecule has 0 spiro atoms. The molecule has 0 aromatic carbocycles. The average Bonchev–Trinajstić information content (AvgIpc) is 2.66. The molecule has 3 N–H and O–H groups in total. The molecule has 1 aliphatic rings. The second-order valence-electron chi connectivity index (χ2n) is 5.74. The molecule has 28 heavy (non-hydrogen) atoms. The van der Waals surface area contributed by atoms with Crippen LogP contribution in [0.2, 0.25) is 0 Å². The number of pyridine rings is 1. The zero-order valence-electron chi connectivity index (χ0n) is 15.4. The third-order valence-corrected chi connectivity index (χ3v) is 3.77. The predicted octanol–water partition coefficient (Wildman–Crippen LogP) is 3.99. The van der Waals surface area contributed by atoms with Crippen molar-refractivity contribution in [3.63, 3.8) is 0 Å². The number of alkyl halides is 3. The molecule has 2 amide bonds. The van der Waals surface area contributed by atoms with Gasteiger partial charge in [0.25, 0.3) is 5.91 Å². The van der Waals surface area contributed by atoms with E-state index >= 15 is 0 Å². The summed E-state index contributed by atoms with van der Waals surface area (Å²) in [4.78, 5) is 27.2. The monoisotopic (exact) mass is 397 g/mol. The zero-order valence-corrected chi connectivity index (χ0v) is 15.4. The number of nitrogens with one attached hydrogen (secondary N) is 1. The lowest BCUT2D eigenvalue weighted by atomic mass is 9.95. The Kier molecular flexibility index (Phi) is 9.53. The van der Waals surface area contributed by atoms with Gasteiger partial charge < -0.3 is 15.8 Å². The molecule has 0 atom stereocenters. The minimum absolute atomic E-state index is 0.0653. The van der Waals surface area contributed by atoms with Gasteiger partial charge in [0.05, 0.1) is 12.8 Å². The van der Waals surface area contributed by atoms with Crippen LogP contribution in [0.15, 0.2) is 30.0 Å². The van der Waals surface area contributed by atoms with Crippen LogP contribution in [0.4, 0.5) is 18.9 Å². The summed E-state index contributed by atoms with van der Waals surface area (Å²) in [7, 11) is 1.46. The zero-order chi connectivity index (χ0) is 21.1. The first kappa shape index (κ1) is 23.0. The molecule has 2 rings (SSSR count). The van der Waals surface area contributed by atoms with Crippen molar-refractivity contribution in [2.24, 2.45) is 5.73 Å². The van der Waals surface area contributed by atoms with Crippen LogP contribution in [-0.2, 0) is 4.79 Å². The molecule has 1 aromatic heterocycles. The summed E-state index contributed by atoms with van der Waals surface area (Å²) in [6, 6.07) is 1.60. The van der Waals surface area contributed by atoms with Gasteiger partial charge in [-0.25, -0.2) is 4.98 Å². The molecule has 0 bridgehead atoms. The Morgan fingerprint density at radius 2 is 1.93 bits per heavy atom. The van der Waals surface area contributed by atoms with E-state index in [1.807, 2.05) is 0 Å². The van der Waals surface area contributed by atoms with Crippen LogP contribution >= 0.6 is 0 Å². The predicted molar refractivity (Wildman–Crippen MR) is 99.8 cm³/mol. The van der Waals surface area contributed by atoms with E-state index in [0.717, 1.165) is 18.9 Å². The number of nitrogens with two attached hydrogens (primary N) is 1. The number of hydrogen-bond donors (Lipinski definition) is 2. The Morgan fingerprint density at radius 3 is 2.43 bits per heavy atom. The van der Waals surface area contributed by atoms with Crippen LogP contribution < -0.4 is 15.8 Å². The fourth-order valence-corrected chi connectivity index (χ4v) is 2.55. The lowest BCUT2D eigenvalue weighted by Crippen LogP contribution is -2.19. The third-order valence-electron chi connectivity index (χ3n) is 3.77. The maximum atomic E-state index is 11.6. The van der Waals surface area contributed by atoms with Gasteiger partial charge in [-0.05, 0) is 49.5 Å². The molecular weight excluding hydrogens is 375 g/mol. The van der Waals surface area contributed by atoms with E-state index in [4.69, 9.17) is 10.5 Å². The van der Waals surface area contributed by atoms with E-state index in [1.165, 1.54) is 31.9 Å². The van der Waals surface area contributed by atoms with Crippen molar-refractivity contribution in [1.29, 1.82) is 0 Å². The number of halogens is 3. The highest BCUT2D eigenvalue weighted by Gasteiger charge is 2.16. The van der Waals surface area contributed by atoms with Crippen molar-refractivity contribution in [2.75, 3.05) is 12.4 Å². The van der Waals surface area contributed by atoms with E-state index in [-0.39, 0.29) is 17.3 Å². The van der Waals surface area contributed by atoms with Crippen LogP contribution in [-0.4, -0.2) is 30.6 Å². The standard InChI is InChI=1S/C18H21N3O3.CHF3/c1-3-15(22)20-14-11-13(10-9-12-7-5-4-6-8-12)18(24-2)21-16(14)17(19)23;2-1(3)4/h3,10-11H,1,4-8H2,2H3,(H2,19,23)(H,20,22);1H. The van der Waals surface area contributed by atoms with Gasteiger partial charge in [-0.2, -0.15) is 13.2 Å². The van der Waals surface area contributed by atoms with Crippen molar-refractivity contribution in [1.82, 2.24) is 4.98 Å². The molecule has 6 nitrogen and oxygen atoms in total. The van der Waals surface area contributed by atoms with Crippen molar-refractivity contribution < 1.29 is 27.5 Å². The number of carbonyl (C=O) groups is 2. The van der Waals surface area contributed by atoms with Crippen LogP contribution in [0.25, 0.3) is 6.08 Å². The fourth-order valence-electron chi connectivity index (χ4n) is 2.55. The van der Waals surface area contributed by atoms with Gasteiger partial charge in [-0.3, -0.25) is 9.59 Å². The van der Waals surface area contributed by atoms with Crippen molar-refractivity contribution >= 4 is 23.6 Å². The van der Waals surface area contributed by atoms with Gasteiger partial charge in [0.15, 0.2) is 5.69 Å². The van der Waals surface area contributed by atoms with E-state index in [1.54, 1.807) is 12.1 Å². The lowest BCUT2D eigenvalue weighted by molar-refractivity contribution is -0.111. The Hall–Kier alpha value is -3.06. The summed E-state index contributed by atoms with van der Waals surface area (Å²) in [5, 5.41) is 2.54. The minimum Gasteiger partial charge on any atom is -0.481 e. The van der Waals surface area contributed by atoms with Gasteiger partial charge in [-0.1, -0.05) is 13.0 Å². The number of anilines is 1. The highest BCUT2D eigenvalue weighted by atomic mass is 19.4. The molecule has 1 fully saturated rings. The summed E-state index contributed by atoms with van der Waals surface area (Å²) in [6.07, 6.45) is 8.54. The number of hydrogen-bond acceptors (Lipinski definition) is 4. The van der Waals surface area contributed by atoms with Crippen LogP contribution in [0.5, 0.6) is 5.88 Å². The van der Waals surface area contributed by atoms with E-state index in [0.29, 0.717) is 5.56 Å². The maximum Gasteiger partial charge on any atom is 0.379 e. The van der Waals surface area contributed by atoms with Gasteiger partial charge in [-0.15, -0.1) is 5.73 Å². The quantitative estimate of drug-likeness (QED) is 0.580. The summed E-state index contributed by atoms with van der Waals surface area (Å²) < 4.78 is 34.2. The van der Waals surface area contributed by atoms with Crippen molar-refractivity contribution in [3.05, 3.63) is 41.3 Å². The van der Waals surface area contributed by atoms with E-state index in [2.05, 4.69) is 22.6 Å². The van der Waals surface area contributed by atoms with Crippen LogP contribution in [0.3, 0.4) is 0 Å². The topological polar surface area (TPSA) is 94.3 Å². The SMILES string of the molecule is C=CC(=O)Nc1cc(C=C=C2CCCCC2)c(OC)nc1C(N)=O.FC(F)F. The summed E-state index contributed by atoms with van der Waals surface area (Å²) >= 11 is 0. The highest BCUT2D eigenvalue weighted by Crippen LogP contribution is 2.26. The summed E-state index contributed by atoms with van der Waals surface area (Å²) in [5.74, 6) is -0.955. The second kappa shape index (κ2) is 11.6. The fraction of sp³-hybridized carbons (Fsp3) is 0.368. The largest absolute Gasteiger partial charge is 0.481 e. The molecule has 0 radical (unpaired) electrons. The van der Waals surface area contributed by atoms with E-state index < -0.39 is 18.5 Å². The molecule has 0 saturated heterocycles. The number of rotatable bonds is 5. The van der Waals surface area contributed by atoms with Crippen molar-refractivity contribution in [3.8, 4) is 5.88 Å². The number of nitrogens with zero attached hydrogens (tertiary/aromatic N) is 1. The Balaban J connectivity index is 0.000000892. The van der Waals surface area contributed by atoms with Gasteiger partial charge >= 0.3 is 6.68 Å².